The summed E-state index contributed by atoms with van der Waals surface area (Å²) < 4.78 is 12.4. The van der Waals surface area contributed by atoms with E-state index in [1.165, 1.54) is 37.4 Å². The second-order valence-corrected chi connectivity index (χ2v) is 11.8. The van der Waals surface area contributed by atoms with Gasteiger partial charge in [0, 0.05) is 27.9 Å². The Hall–Kier alpha value is -1.98. The Morgan fingerprint density at radius 3 is 2.59 bits per heavy atom. The molecule has 3 aromatic rings. The first-order valence-corrected chi connectivity index (χ1v) is 15.2. The number of hydrogen-bond acceptors (Lipinski definition) is 6. The molecule has 7 heteroatoms. The molecule has 0 bridgehead atoms. The summed E-state index contributed by atoms with van der Waals surface area (Å²) in [4.78, 5) is 5.80. The number of rotatable bonds is 14. The number of nitrogens with zero attached hydrogens (tertiary/aromatic N) is 2. The van der Waals surface area contributed by atoms with Crippen LogP contribution in [0.5, 0.6) is 0 Å². The summed E-state index contributed by atoms with van der Waals surface area (Å²) in [7, 11) is -1.03. The summed E-state index contributed by atoms with van der Waals surface area (Å²) >= 11 is 2.97. The van der Waals surface area contributed by atoms with Gasteiger partial charge in [-0.2, -0.15) is 5.26 Å². The predicted molar refractivity (Wildman–Crippen MR) is 146 cm³/mol. The second-order valence-electron chi connectivity index (χ2n) is 8.23. The molecular formula is C27H32N2O2S3. The van der Waals surface area contributed by atoms with Crippen LogP contribution in [0.25, 0.3) is 21.7 Å². The Bertz CT molecular complexity index is 1080. The largest absolute Gasteiger partial charge is 0.391 e. The molecule has 0 aliphatic carbocycles. The van der Waals surface area contributed by atoms with E-state index in [1.807, 2.05) is 53.9 Å². The number of nitriles is 1. The maximum atomic E-state index is 12.4. The van der Waals surface area contributed by atoms with Gasteiger partial charge in [0.15, 0.2) is 0 Å². The Labute approximate surface area is 213 Å². The molecule has 0 unspecified atom stereocenters. The van der Waals surface area contributed by atoms with Crippen molar-refractivity contribution < 1.29 is 9.32 Å². The molecule has 0 spiro atoms. The summed E-state index contributed by atoms with van der Waals surface area (Å²) in [6, 6.07) is 18.1. The number of thiophene rings is 1. The van der Waals surface area contributed by atoms with Gasteiger partial charge in [-0.3, -0.25) is 4.21 Å². The third-order valence-electron chi connectivity index (χ3n) is 5.47. The molecule has 0 amide bonds. The summed E-state index contributed by atoms with van der Waals surface area (Å²) in [5.41, 5.74) is 3.13. The zero-order valence-electron chi connectivity index (χ0n) is 19.6. The van der Waals surface area contributed by atoms with Crippen LogP contribution in [0.3, 0.4) is 0 Å². The molecule has 0 fully saturated rings. The third-order valence-corrected chi connectivity index (χ3v) is 8.99. The predicted octanol–water partition coefficient (Wildman–Crippen LogP) is 6.91. The minimum Gasteiger partial charge on any atom is -0.391 e. The van der Waals surface area contributed by atoms with Crippen LogP contribution in [0.15, 0.2) is 58.9 Å². The monoisotopic (exact) mass is 512 g/mol. The Morgan fingerprint density at radius 2 is 1.88 bits per heavy atom. The maximum Gasteiger partial charge on any atom is 0.115 e. The number of aliphatic hydroxyl groups excluding tert-OH is 1. The minimum atomic E-state index is -1.03. The first kappa shape index (κ1) is 26.6. The van der Waals surface area contributed by atoms with Crippen LogP contribution in [0.1, 0.15) is 51.0 Å². The van der Waals surface area contributed by atoms with Crippen molar-refractivity contribution in [2.24, 2.45) is 0 Å². The number of aliphatic hydroxyl groups is 1. The Balaban J connectivity index is 1.67. The van der Waals surface area contributed by atoms with Crippen molar-refractivity contribution in [3.8, 4) is 27.8 Å². The van der Waals surface area contributed by atoms with E-state index in [0.717, 1.165) is 34.5 Å². The van der Waals surface area contributed by atoms with E-state index in [1.54, 1.807) is 11.3 Å². The fraction of sp³-hybridized carbons (Fsp3) is 0.407. The highest BCUT2D eigenvalue weighted by molar-refractivity contribution is 7.99. The van der Waals surface area contributed by atoms with Crippen molar-refractivity contribution in [3.05, 3.63) is 59.5 Å². The van der Waals surface area contributed by atoms with E-state index < -0.39 is 16.9 Å². The smallest absolute Gasteiger partial charge is 0.115 e. The van der Waals surface area contributed by atoms with E-state index in [9.17, 15) is 14.6 Å². The lowest BCUT2D eigenvalue weighted by Crippen LogP contribution is -2.21. The van der Waals surface area contributed by atoms with Gasteiger partial charge < -0.3 is 5.11 Å². The zero-order valence-corrected chi connectivity index (χ0v) is 22.1. The molecule has 4 nitrogen and oxygen atoms in total. The SMILES string of the molecule is CCCCCCCC[S@@](=O)C[C@H](O)CSc1nc(-c2cccs2)cc(-c2ccccc2)c1C#N. The molecule has 0 radical (unpaired) electrons. The fourth-order valence-corrected chi connectivity index (χ4v) is 6.70. The van der Waals surface area contributed by atoms with Crippen molar-refractivity contribution in [1.82, 2.24) is 4.98 Å². The van der Waals surface area contributed by atoms with Crippen molar-refractivity contribution in [2.45, 2.75) is 56.6 Å². The molecule has 34 heavy (non-hydrogen) atoms. The van der Waals surface area contributed by atoms with Crippen molar-refractivity contribution >= 4 is 33.9 Å². The molecule has 3 rings (SSSR count). The molecule has 0 aliphatic heterocycles. The van der Waals surface area contributed by atoms with Gasteiger partial charge in [-0.15, -0.1) is 23.1 Å². The lowest BCUT2D eigenvalue weighted by Gasteiger charge is -2.14. The molecule has 2 atom stereocenters. The van der Waals surface area contributed by atoms with Crippen LogP contribution in [0.4, 0.5) is 0 Å². The molecule has 0 aliphatic rings. The summed E-state index contributed by atoms with van der Waals surface area (Å²) in [6.45, 7) is 2.20. The van der Waals surface area contributed by atoms with Crippen LogP contribution in [0, 0.1) is 11.3 Å². The van der Waals surface area contributed by atoms with E-state index in [2.05, 4.69) is 13.0 Å². The lowest BCUT2D eigenvalue weighted by atomic mass is 10.0. The summed E-state index contributed by atoms with van der Waals surface area (Å²) in [5.74, 6) is 1.26. The second kappa shape index (κ2) is 14.4. The van der Waals surface area contributed by atoms with E-state index in [-0.39, 0.29) is 5.75 Å². The van der Waals surface area contributed by atoms with Crippen LogP contribution in [0.2, 0.25) is 0 Å². The van der Waals surface area contributed by atoms with Crippen molar-refractivity contribution in [1.29, 1.82) is 5.26 Å². The van der Waals surface area contributed by atoms with Gasteiger partial charge in [0.05, 0.1) is 28.0 Å². The fourth-order valence-electron chi connectivity index (χ4n) is 3.69. The van der Waals surface area contributed by atoms with Gasteiger partial charge in [-0.1, -0.05) is 75.4 Å². The van der Waals surface area contributed by atoms with Crippen LogP contribution in [-0.2, 0) is 10.8 Å². The molecule has 1 aromatic carbocycles. The van der Waals surface area contributed by atoms with Crippen molar-refractivity contribution in [3.63, 3.8) is 0 Å². The van der Waals surface area contributed by atoms with Crippen LogP contribution in [-0.4, -0.2) is 37.7 Å². The Kier molecular flexibility index (Phi) is 11.3. The van der Waals surface area contributed by atoms with Gasteiger partial charge in [0.25, 0.3) is 0 Å². The highest BCUT2D eigenvalue weighted by atomic mass is 32.2. The maximum absolute atomic E-state index is 12.4. The number of aromatic nitrogens is 1. The highest BCUT2D eigenvalue weighted by Crippen LogP contribution is 2.35. The van der Waals surface area contributed by atoms with Crippen molar-refractivity contribution in [2.75, 3.05) is 17.3 Å². The molecule has 2 aromatic heterocycles. The molecule has 1 N–H and O–H groups in total. The van der Waals surface area contributed by atoms with Gasteiger partial charge >= 0.3 is 0 Å². The van der Waals surface area contributed by atoms with Gasteiger partial charge in [0.2, 0.25) is 0 Å². The highest BCUT2D eigenvalue weighted by Gasteiger charge is 2.18. The summed E-state index contributed by atoms with van der Waals surface area (Å²) in [5, 5.41) is 23.1. The number of hydrogen-bond donors (Lipinski definition) is 1. The number of thioether (sulfide) groups is 1. The van der Waals surface area contributed by atoms with Gasteiger partial charge in [-0.05, 0) is 29.5 Å². The standard InChI is InChI=1S/C27H32N2O2S3/c1-2-3-4-5-6-10-16-34(31)20-22(30)19-33-27-24(18-28)23(21-12-8-7-9-13-21)17-25(29-27)26-14-11-15-32-26/h7-9,11-15,17,22,30H,2-6,10,16,19-20H2,1H3/t22-,34-/m1/s1. The zero-order chi connectivity index (χ0) is 24.2. The average molecular weight is 513 g/mol. The topological polar surface area (TPSA) is 74.0 Å². The quantitative estimate of drug-likeness (QED) is 0.188. The van der Waals surface area contributed by atoms with E-state index in [0.29, 0.717) is 22.1 Å². The van der Waals surface area contributed by atoms with Crippen LogP contribution < -0.4 is 0 Å². The first-order valence-electron chi connectivity index (χ1n) is 11.8. The molecule has 0 saturated heterocycles. The normalized spacial score (nSPS) is 12.9. The lowest BCUT2D eigenvalue weighted by molar-refractivity contribution is 0.224. The number of benzene rings is 1. The first-order chi connectivity index (χ1) is 16.6. The molecule has 0 saturated carbocycles. The molecule has 2 heterocycles. The van der Waals surface area contributed by atoms with Gasteiger partial charge in [-0.25, -0.2) is 4.98 Å². The van der Waals surface area contributed by atoms with E-state index in [4.69, 9.17) is 4.98 Å². The van der Waals surface area contributed by atoms with Gasteiger partial charge in [0.1, 0.15) is 11.1 Å². The molecule has 180 valence electrons. The summed E-state index contributed by atoms with van der Waals surface area (Å²) in [6.07, 6.45) is 6.26. The molecular weight excluding hydrogens is 481 g/mol. The number of pyridine rings is 1. The third kappa shape index (κ3) is 8.06. The average Bonchev–Trinajstić information content (AvgIpc) is 3.40. The Morgan fingerprint density at radius 1 is 1.12 bits per heavy atom. The van der Waals surface area contributed by atoms with Crippen LogP contribution >= 0.6 is 23.1 Å². The minimum absolute atomic E-state index is 0.264. The number of unbranched alkanes of at least 4 members (excludes halogenated alkanes) is 5. The van der Waals surface area contributed by atoms with E-state index >= 15 is 0 Å².